The molecule has 170 valence electrons. The Bertz CT molecular complexity index is 358. The van der Waals surface area contributed by atoms with Crippen LogP contribution in [0.4, 0.5) is 10.5 Å². The standard InChI is InChI=1S/C9H12O2.3C3H8O.4FH.Zr/c1-11-7-9-4-2-8(6-10)3-5-9;3*1-2-3-4;;;;;/h2-5,10H,6-7H2,1H3;3*4H,2-3H2,1H3;4*1H;/q;;;;;;;;+4/p-4. The summed E-state index contributed by atoms with van der Waals surface area (Å²) < 4.78 is 44.5. The van der Waals surface area contributed by atoms with E-state index in [1.54, 1.807) is 7.11 Å². The average Bonchev–Trinajstić information content (AvgIpc) is 2.68. The number of hydrogen-bond acceptors (Lipinski definition) is 5. The Morgan fingerprint density at radius 1 is 0.714 bits per heavy atom. The zero-order valence-corrected chi connectivity index (χ0v) is 19.6. The normalized spacial score (nSPS) is 9.29. The minimum atomic E-state index is -7.18. The van der Waals surface area contributed by atoms with Gasteiger partial charge in [0.05, 0.1) is 13.2 Å². The van der Waals surface area contributed by atoms with Gasteiger partial charge in [0.2, 0.25) is 0 Å². The molecule has 0 aliphatic carbocycles. The van der Waals surface area contributed by atoms with Crippen LogP contribution >= 0.6 is 0 Å². The summed E-state index contributed by atoms with van der Waals surface area (Å²) in [6.07, 6.45) is 2.62. The van der Waals surface area contributed by atoms with Crippen LogP contribution in [0.1, 0.15) is 51.2 Å². The van der Waals surface area contributed by atoms with Crippen LogP contribution in [0.25, 0.3) is 0 Å². The molecule has 0 heterocycles. The summed E-state index contributed by atoms with van der Waals surface area (Å²) in [4.78, 5) is 0. The van der Waals surface area contributed by atoms with Crippen LogP contribution in [0.15, 0.2) is 24.3 Å². The number of ether oxygens (including phenoxy) is 1. The average molecular weight is 500 g/mol. The summed E-state index contributed by atoms with van der Waals surface area (Å²) in [6.45, 7) is 7.49. The number of halogens is 4. The fourth-order valence-electron chi connectivity index (χ4n) is 0.908. The first-order chi connectivity index (χ1) is 13.1. The Balaban J connectivity index is -0.000000144. The van der Waals surface area contributed by atoms with Crippen LogP contribution in [0, 0.1) is 0 Å². The van der Waals surface area contributed by atoms with E-state index in [2.05, 4.69) is 0 Å². The number of aliphatic hydroxyl groups excluding tert-OH is 4. The minimum absolute atomic E-state index is 0.104. The molecule has 0 amide bonds. The van der Waals surface area contributed by atoms with Crippen molar-refractivity contribution < 1.29 is 58.4 Å². The molecule has 0 aliphatic rings. The van der Waals surface area contributed by atoms with Crippen molar-refractivity contribution in [1.29, 1.82) is 0 Å². The molecule has 1 rings (SSSR count). The summed E-state index contributed by atoms with van der Waals surface area (Å²) in [5.41, 5.74) is 2.06. The van der Waals surface area contributed by atoms with Crippen molar-refractivity contribution in [2.75, 3.05) is 26.9 Å². The van der Waals surface area contributed by atoms with E-state index in [-0.39, 0.29) is 6.61 Å². The van der Waals surface area contributed by atoms with E-state index in [9.17, 15) is 10.5 Å². The van der Waals surface area contributed by atoms with Crippen molar-refractivity contribution in [2.24, 2.45) is 0 Å². The van der Waals surface area contributed by atoms with E-state index >= 15 is 0 Å². The van der Waals surface area contributed by atoms with Crippen molar-refractivity contribution in [1.82, 2.24) is 0 Å². The van der Waals surface area contributed by atoms with Gasteiger partial charge in [-0.05, 0) is 30.4 Å². The number of hydrogen-bond donors (Lipinski definition) is 4. The van der Waals surface area contributed by atoms with Gasteiger partial charge in [-0.25, -0.2) is 0 Å². The molecule has 28 heavy (non-hydrogen) atoms. The van der Waals surface area contributed by atoms with Gasteiger partial charge in [-0.2, -0.15) is 0 Å². The first-order valence-corrected chi connectivity index (χ1v) is 12.6. The summed E-state index contributed by atoms with van der Waals surface area (Å²) in [6, 6.07) is 7.70. The second kappa shape index (κ2) is 28.8. The predicted molar refractivity (Wildman–Crippen MR) is 99.6 cm³/mol. The van der Waals surface area contributed by atoms with Crippen molar-refractivity contribution in [2.45, 2.75) is 53.2 Å². The van der Waals surface area contributed by atoms with Crippen molar-refractivity contribution in [3.05, 3.63) is 35.4 Å². The monoisotopic (exact) mass is 498 g/mol. The predicted octanol–water partition coefficient (Wildman–Crippen LogP) is 4.17. The van der Waals surface area contributed by atoms with Crippen molar-refractivity contribution in [3.63, 3.8) is 0 Å². The Kier molecular flexibility index (Phi) is 36.1. The van der Waals surface area contributed by atoms with Gasteiger partial charge in [0.1, 0.15) is 0 Å². The number of methoxy groups -OCH3 is 1. The Morgan fingerprint density at radius 3 is 1.14 bits per heavy atom. The Hall–Kier alpha value is -0.377. The molecule has 0 atom stereocenters. The number of benzene rings is 1. The molecule has 1 aromatic rings. The van der Waals surface area contributed by atoms with E-state index in [0.717, 1.165) is 30.4 Å². The van der Waals surface area contributed by atoms with Crippen molar-refractivity contribution in [3.8, 4) is 0 Å². The van der Waals surface area contributed by atoms with E-state index in [1.807, 2.05) is 45.0 Å². The fourth-order valence-corrected chi connectivity index (χ4v) is 0.908. The van der Waals surface area contributed by atoms with E-state index in [4.69, 9.17) is 25.2 Å². The van der Waals surface area contributed by atoms with E-state index in [0.29, 0.717) is 26.4 Å². The molecule has 0 saturated heterocycles. The maximum atomic E-state index is 9.90. The molecule has 5 nitrogen and oxygen atoms in total. The molecule has 0 saturated carbocycles. The molecule has 4 N–H and O–H groups in total. The molecular formula is C18H36F4O5Zr. The second-order valence-electron chi connectivity index (χ2n) is 5.01. The van der Waals surface area contributed by atoms with Gasteiger partial charge in [0, 0.05) is 26.9 Å². The topological polar surface area (TPSA) is 90.2 Å². The van der Waals surface area contributed by atoms with Crippen LogP contribution in [-0.4, -0.2) is 47.4 Å². The zero-order chi connectivity index (χ0) is 22.8. The van der Waals surface area contributed by atoms with Crippen LogP contribution in [0.2, 0.25) is 0 Å². The Morgan fingerprint density at radius 2 is 0.964 bits per heavy atom. The number of rotatable bonds is 6. The molecule has 0 spiro atoms. The summed E-state index contributed by atoms with van der Waals surface area (Å²) >= 11 is -7.18. The first kappa shape index (κ1) is 35.1. The Labute approximate surface area is 173 Å². The van der Waals surface area contributed by atoms with Gasteiger partial charge >= 0.3 is 33.2 Å². The molecule has 0 aliphatic heterocycles. The van der Waals surface area contributed by atoms with Crippen LogP contribution < -0.4 is 0 Å². The molecule has 10 heteroatoms. The van der Waals surface area contributed by atoms with Gasteiger partial charge in [-0.1, -0.05) is 45.0 Å². The molecular weight excluding hydrogens is 463 g/mol. The van der Waals surface area contributed by atoms with Gasteiger partial charge in [-0.15, -0.1) is 0 Å². The fraction of sp³-hybridized carbons (Fsp3) is 0.667. The van der Waals surface area contributed by atoms with Gasteiger partial charge in [0.25, 0.3) is 0 Å². The zero-order valence-electron chi connectivity index (χ0n) is 17.2. The molecule has 0 unspecified atom stereocenters. The summed E-state index contributed by atoms with van der Waals surface area (Å²) in [5, 5.41) is 32.4. The maximum absolute atomic E-state index is 9.90. The van der Waals surface area contributed by atoms with Gasteiger partial charge < -0.3 is 25.2 Å². The third kappa shape index (κ3) is 50.0. The van der Waals surface area contributed by atoms with Gasteiger partial charge in [0.15, 0.2) is 0 Å². The third-order valence-electron chi connectivity index (χ3n) is 2.19. The van der Waals surface area contributed by atoms with E-state index in [1.165, 1.54) is 0 Å². The summed E-state index contributed by atoms with van der Waals surface area (Å²) in [7, 11) is 1.67. The molecule has 1 aromatic carbocycles. The quantitative estimate of drug-likeness (QED) is 0.441. The van der Waals surface area contributed by atoms with Gasteiger partial charge in [-0.3, -0.25) is 0 Å². The molecule has 0 fully saturated rings. The van der Waals surface area contributed by atoms with Crippen LogP contribution in [0.3, 0.4) is 0 Å². The van der Waals surface area contributed by atoms with E-state index < -0.39 is 22.7 Å². The number of aliphatic hydroxyl groups is 4. The SMILES string of the molecule is CCCO.CCCO.CCCO.COCc1ccc(CO)cc1.[F][Zr]([F])([F])[F]. The first-order valence-electron chi connectivity index (χ1n) is 8.87. The molecule has 0 bridgehead atoms. The summed E-state index contributed by atoms with van der Waals surface area (Å²) in [5.74, 6) is 0. The van der Waals surface area contributed by atoms with Crippen LogP contribution in [-0.2, 0) is 40.7 Å². The van der Waals surface area contributed by atoms with Crippen LogP contribution in [0.5, 0.6) is 0 Å². The second-order valence-corrected chi connectivity index (χ2v) is 7.11. The molecule has 0 radical (unpaired) electrons. The molecule has 0 aromatic heterocycles. The third-order valence-corrected chi connectivity index (χ3v) is 2.19. The van der Waals surface area contributed by atoms with Crippen molar-refractivity contribution >= 4 is 0 Å².